The van der Waals surface area contributed by atoms with Crippen molar-refractivity contribution in [2.45, 2.75) is 37.6 Å². The van der Waals surface area contributed by atoms with E-state index in [9.17, 15) is 14.4 Å². The average Bonchev–Trinajstić information content (AvgIpc) is 2.87. The third-order valence-corrected chi connectivity index (χ3v) is 5.39. The smallest absolute Gasteiger partial charge is 0.259 e. The van der Waals surface area contributed by atoms with Crippen LogP contribution in [0.15, 0.2) is 24.8 Å². The van der Waals surface area contributed by atoms with Crippen molar-refractivity contribution in [2.24, 2.45) is 0 Å². The fraction of sp³-hybridized carbons (Fsp3) is 0.421. The predicted molar refractivity (Wildman–Crippen MR) is 92.7 cm³/mol. The van der Waals surface area contributed by atoms with Gasteiger partial charge >= 0.3 is 0 Å². The molecule has 2 fully saturated rings. The summed E-state index contributed by atoms with van der Waals surface area (Å²) in [6.45, 7) is 5.93. The third kappa shape index (κ3) is 2.57. The van der Waals surface area contributed by atoms with Crippen LogP contribution in [0.2, 0.25) is 0 Å². The van der Waals surface area contributed by atoms with Gasteiger partial charge in [-0.05, 0) is 37.3 Å². The first-order chi connectivity index (χ1) is 12.1. The summed E-state index contributed by atoms with van der Waals surface area (Å²) in [5.74, 6) is -0.581. The van der Waals surface area contributed by atoms with Crippen molar-refractivity contribution in [1.29, 1.82) is 0 Å². The maximum absolute atomic E-state index is 13.2. The van der Waals surface area contributed by atoms with Crippen LogP contribution in [0.3, 0.4) is 0 Å². The standard InChI is InChI=1S/C19H21N3O3/c1-11-13-5-2-6-14(12-4-3-9-20-10-12)17(13)19(25)22(11)15-7-8-16(23)21-18(15)24/h2,5-6,12,15,20H,1,3-4,7-10H2,(H,21,23,24). The molecule has 2 N–H and O–H groups in total. The first-order valence-electron chi connectivity index (χ1n) is 8.78. The molecule has 0 bridgehead atoms. The lowest BCUT2D eigenvalue weighted by atomic mass is 9.87. The highest BCUT2D eigenvalue weighted by Gasteiger charge is 2.43. The molecule has 0 saturated carbocycles. The zero-order valence-corrected chi connectivity index (χ0v) is 14.0. The largest absolute Gasteiger partial charge is 0.316 e. The highest BCUT2D eigenvalue weighted by atomic mass is 16.2. The van der Waals surface area contributed by atoms with E-state index in [4.69, 9.17) is 0 Å². The Labute approximate surface area is 146 Å². The van der Waals surface area contributed by atoms with Crippen LogP contribution >= 0.6 is 0 Å². The van der Waals surface area contributed by atoms with Gasteiger partial charge in [-0.2, -0.15) is 0 Å². The number of amides is 3. The molecule has 3 amide bonds. The van der Waals surface area contributed by atoms with Crippen molar-refractivity contribution in [1.82, 2.24) is 15.5 Å². The summed E-state index contributed by atoms with van der Waals surface area (Å²) >= 11 is 0. The van der Waals surface area contributed by atoms with Crippen molar-refractivity contribution >= 4 is 23.4 Å². The average molecular weight is 339 g/mol. The summed E-state index contributed by atoms with van der Waals surface area (Å²) in [5.41, 5.74) is 3.06. The number of rotatable bonds is 2. The Morgan fingerprint density at radius 1 is 1.16 bits per heavy atom. The molecule has 0 spiro atoms. The first kappa shape index (κ1) is 16.0. The van der Waals surface area contributed by atoms with Gasteiger partial charge in [0.1, 0.15) is 6.04 Å². The molecule has 2 atom stereocenters. The van der Waals surface area contributed by atoms with Crippen LogP contribution < -0.4 is 10.6 Å². The summed E-state index contributed by atoms with van der Waals surface area (Å²) in [6, 6.07) is 5.19. The molecule has 0 aromatic heterocycles. The molecule has 0 aliphatic carbocycles. The summed E-state index contributed by atoms with van der Waals surface area (Å²) < 4.78 is 0. The van der Waals surface area contributed by atoms with Crippen LogP contribution in [0.1, 0.15) is 53.1 Å². The molecule has 3 heterocycles. The lowest BCUT2D eigenvalue weighted by Crippen LogP contribution is -2.52. The predicted octanol–water partition coefficient (Wildman–Crippen LogP) is 1.39. The van der Waals surface area contributed by atoms with E-state index in [1.165, 1.54) is 4.90 Å². The second-order valence-electron chi connectivity index (χ2n) is 6.90. The number of imide groups is 1. The lowest BCUT2D eigenvalue weighted by molar-refractivity contribution is -0.136. The number of piperidine rings is 2. The Morgan fingerprint density at radius 3 is 2.72 bits per heavy atom. The van der Waals surface area contributed by atoms with Crippen molar-refractivity contribution in [3.05, 3.63) is 41.5 Å². The van der Waals surface area contributed by atoms with Crippen molar-refractivity contribution in [2.75, 3.05) is 13.1 Å². The maximum Gasteiger partial charge on any atom is 0.259 e. The van der Waals surface area contributed by atoms with Crippen molar-refractivity contribution in [3.63, 3.8) is 0 Å². The minimum absolute atomic E-state index is 0.171. The molecule has 1 aromatic carbocycles. The van der Waals surface area contributed by atoms with Gasteiger partial charge in [0.15, 0.2) is 0 Å². The van der Waals surface area contributed by atoms with Gasteiger partial charge in [0.05, 0.1) is 5.56 Å². The molecule has 2 saturated heterocycles. The second-order valence-corrected chi connectivity index (χ2v) is 6.90. The summed E-state index contributed by atoms with van der Waals surface area (Å²) in [7, 11) is 0. The number of carbonyl (C=O) groups excluding carboxylic acids is 3. The van der Waals surface area contributed by atoms with Crippen LogP contribution in [-0.4, -0.2) is 41.8 Å². The first-order valence-corrected chi connectivity index (χ1v) is 8.78. The summed E-state index contributed by atoms with van der Waals surface area (Å²) in [4.78, 5) is 38.3. The number of hydrogen-bond acceptors (Lipinski definition) is 4. The lowest BCUT2D eigenvalue weighted by Gasteiger charge is -2.30. The number of hydrogen-bond donors (Lipinski definition) is 2. The van der Waals surface area contributed by atoms with E-state index in [0.717, 1.165) is 37.1 Å². The molecule has 2 unspecified atom stereocenters. The van der Waals surface area contributed by atoms with E-state index in [0.29, 0.717) is 23.6 Å². The number of nitrogens with zero attached hydrogens (tertiary/aromatic N) is 1. The molecule has 3 aliphatic heterocycles. The normalized spacial score (nSPS) is 26.6. The summed E-state index contributed by atoms with van der Waals surface area (Å²) in [6.07, 6.45) is 2.70. The Hall–Kier alpha value is -2.47. The molecule has 3 aliphatic rings. The minimum Gasteiger partial charge on any atom is -0.316 e. The molecule has 6 nitrogen and oxygen atoms in total. The van der Waals surface area contributed by atoms with Crippen molar-refractivity contribution in [3.8, 4) is 0 Å². The van der Waals surface area contributed by atoms with Gasteiger partial charge in [-0.3, -0.25) is 24.6 Å². The maximum atomic E-state index is 13.2. The Morgan fingerprint density at radius 2 is 2.00 bits per heavy atom. The molecule has 1 aromatic rings. The Kier molecular flexibility index (Phi) is 3.92. The van der Waals surface area contributed by atoms with Crippen LogP contribution in [0, 0.1) is 0 Å². The van der Waals surface area contributed by atoms with Crippen LogP contribution in [0.25, 0.3) is 5.70 Å². The molecule has 6 heteroatoms. The van der Waals surface area contributed by atoms with Crippen molar-refractivity contribution < 1.29 is 14.4 Å². The fourth-order valence-electron chi connectivity index (χ4n) is 4.14. The SMILES string of the molecule is C=C1c2cccc(C3CCCNC3)c2C(=O)N1C1CCC(=O)NC1=O. The summed E-state index contributed by atoms with van der Waals surface area (Å²) in [5, 5.41) is 5.72. The Bertz CT molecular complexity index is 780. The van der Waals surface area contributed by atoms with E-state index in [1.807, 2.05) is 18.2 Å². The highest BCUT2D eigenvalue weighted by molar-refractivity contribution is 6.13. The quantitative estimate of drug-likeness (QED) is 0.798. The van der Waals surface area contributed by atoms with Gasteiger partial charge in [-0.15, -0.1) is 0 Å². The van der Waals surface area contributed by atoms with E-state index in [1.54, 1.807) is 0 Å². The van der Waals surface area contributed by atoms with Gasteiger partial charge in [-0.25, -0.2) is 0 Å². The monoisotopic (exact) mass is 339 g/mol. The van der Waals surface area contributed by atoms with Gasteiger partial charge in [0.25, 0.3) is 5.91 Å². The number of benzene rings is 1. The molecule has 25 heavy (non-hydrogen) atoms. The van der Waals surface area contributed by atoms with E-state index < -0.39 is 11.9 Å². The topological polar surface area (TPSA) is 78.5 Å². The van der Waals surface area contributed by atoms with Crippen LogP contribution in [0.4, 0.5) is 0 Å². The molecule has 0 radical (unpaired) electrons. The van der Waals surface area contributed by atoms with Gasteiger partial charge in [0, 0.05) is 24.2 Å². The van der Waals surface area contributed by atoms with E-state index in [-0.39, 0.29) is 18.2 Å². The van der Waals surface area contributed by atoms with Gasteiger partial charge in [0.2, 0.25) is 11.8 Å². The minimum atomic E-state index is -0.664. The van der Waals surface area contributed by atoms with E-state index >= 15 is 0 Å². The van der Waals surface area contributed by atoms with Crippen LogP contribution in [0.5, 0.6) is 0 Å². The van der Waals surface area contributed by atoms with Gasteiger partial charge in [-0.1, -0.05) is 24.8 Å². The van der Waals surface area contributed by atoms with E-state index in [2.05, 4.69) is 17.2 Å². The number of carbonyl (C=O) groups is 3. The number of fused-ring (bicyclic) bond motifs is 1. The molecule has 4 rings (SSSR count). The molecular weight excluding hydrogens is 318 g/mol. The highest BCUT2D eigenvalue weighted by Crippen LogP contribution is 2.39. The second kappa shape index (κ2) is 6.11. The zero-order chi connectivity index (χ0) is 17.6. The third-order valence-electron chi connectivity index (χ3n) is 5.39. The molecule has 130 valence electrons. The zero-order valence-electron chi connectivity index (χ0n) is 14.0. The number of nitrogens with one attached hydrogen (secondary N) is 2. The Balaban J connectivity index is 1.70. The van der Waals surface area contributed by atoms with Crippen LogP contribution in [-0.2, 0) is 9.59 Å². The van der Waals surface area contributed by atoms with Gasteiger partial charge < -0.3 is 5.32 Å². The fourth-order valence-corrected chi connectivity index (χ4v) is 4.14. The molecular formula is C19H21N3O3.